The van der Waals surface area contributed by atoms with E-state index in [2.05, 4.69) is 37.2 Å². The van der Waals surface area contributed by atoms with E-state index in [0.717, 1.165) is 25.1 Å². The molecule has 19 heavy (non-hydrogen) atoms. The summed E-state index contributed by atoms with van der Waals surface area (Å²) in [6.07, 6.45) is 5.87. The molecule has 1 aliphatic carbocycles. The Morgan fingerprint density at radius 1 is 1.21 bits per heavy atom. The standard InChI is InChI=1S/C16H26N2O/c1-18(2)12-13-8-7-9-14(15(13)19-3)16(17)10-5-4-6-11-16/h7-9H,4-6,10-12,17H2,1-3H3. The van der Waals surface area contributed by atoms with E-state index in [-0.39, 0.29) is 5.54 Å². The molecular weight excluding hydrogens is 236 g/mol. The van der Waals surface area contributed by atoms with Gasteiger partial charge in [-0.1, -0.05) is 37.5 Å². The van der Waals surface area contributed by atoms with E-state index in [9.17, 15) is 0 Å². The van der Waals surface area contributed by atoms with Crippen LogP contribution < -0.4 is 10.5 Å². The summed E-state index contributed by atoms with van der Waals surface area (Å²) >= 11 is 0. The Morgan fingerprint density at radius 3 is 2.47 bits per heavy atom. The SMILES string of the molecule is COc1c(CN(C)C)cccc1C1(N)CCCCC1. The normalized spacial score (nSPS) is 18.6. The highest BCUT2D eigenvalue weighted by molar-refractivity contribution is 5.45. The first kappa shape index (κ1) is 14.4. The van der Waals surface area contributed by atoms with Crippen LogP contribution >= 0.6 is 0 Å². The lowest BCUT2D eigenvalue weighted by molar-refractivity contribution is 0.286. The van der Waals surface area contributed by atoms with Gasteiger partial charge < -0.3 is 15.4 Å². The maximum Gasteiger partial charge on any atom is 0.128 e. The Kier molecular flexibility index (Phi) is 4.48. The van der Waals surface area contributed by atoms with Crippen molar-refractivity contribution in [3.63, 3.8) is 0 Å². The summed E-state index contributed by atoms with van der Waals surface area (Å²) in [6, 6.07) is 6.39. The van der Waals surface area contributed by atoms with E-state index in [1.807, 2.05) is 0 Å². The zero-order valence-electron chi connectivity index (χ0n) is 12.4. The van der Waals surface area contributed by atoms with Crippen molar-refractivity contribution >= 4 is 0 Å². The quantitative estimate of drug-likeness (QED) is 0.906. The van der Waals surface area contributed by atoms with Crippen LogP contribution in [0.3, 0.4) is 0 Å². The molecule has 3 nitrogen and oxygen atoms in total. The molecule has 1 fully saturated rings. The van der Waals surface area contributed by atoms with Gasteiger partial charge in [0, 0.05) is 23.2 Å². The van der Waals surface area contributed by atoms with Crippen LogP contribution in [0.2, 0.25) is 0 Å². The van der Waals surface area contributed by atoms with Crippen molar-refractivity contribution in [2.45, 2.75) is 44.2 Å². The molecule has 1 saturated carbocycles. The van der Waals surface area contributed by atoms with Crippen LogP contribution in [0.25, 0.3) is 0 Å². The number of benzene rings is 1. The Hall–Kier alpha value is -1.06. The van der Waals surface area contributed by atoms with E-state index in [0.29, 0.717) is 0 Å². The Balaban J connectivity index is 2.39. The van der Waals surface area contributed by atoms with E-state index >= 15 is 0 Å². The fourth-order valence-electron chi connectivity index (χ4n) is 3.14. The van der Waals surface area contributed by atoms with E-state index < -0.39 is 0 Å². The number of para-hydroxylation sites is 1. The van der Waals surface area contributed by atoms with Crippen molar-refractivity contribution in [3.05, 3.63) is 29.3 Å². The summed E-state index contributed by atoms with van der Waals surface area (Å²) < 4.78 is 5.69. The molecule has 0 unspecified atom stereocenters. The molecule has 2 N–H and O–H groups in total. The van der Waals surface area contributed by atoms with Gasteiger partial charge in [0.05, 0.1) is 7.11 Å². The molecule has 1 aliphatic rings. The molecule has 0 atom stereocenters. The molecule has 0 bridgehead atoms. The van der Waals surface area contributed by atoms with E-state index in [1.54, 1.807) is 7.11 Å². The van der Waals surface area contributed by atoms with Gasteiger partial charge in [-0.05, 0) is 26.9 Å². The second-order valence-electron chi connectivity index (χ2n) is 5.95. The largest absolute Gasteiger partial charge is 0.496 e. The molecule has 0 heterocycles. The summed E-state index contributed by atoms with van der Waals surface area (Å²) in [5.41, 5.74) is 8.87. The Morgan fingerprint density at radius 2 is 1.89 bits per heavy atom. The Bertz CT molecular complexity index is 423. The van der Waals surface area contributed by atoms with E-state index in [4.69, 9.17) is 10.5 Å². The van der Waals surface area contributed by atoms with Gasteiger partial charge in [0.15, 0.2) is 0 Å². The third-order valence-electron chi connectivity index (χ3n) is 4.07. The van der Waals surface area contributed by atoms with Gasteiger partial charge in [-0.3, -0.25) is 0 Å². The molecule has 0 spiro atoms. The molecule has 2 rings (SSSR count). The molecule has 0 saturated heterocycles. The predicted octanol–water partition coefficient (Wildman–Crippen LogP) is 2.87. The molecule has 1 aromatic carbocycles. The molecule has 0 aliphatic heterocycles. The van der Waals surface area contributed by atoms with Gasteiger partial charge >= 0.3 is 0 Å². The lowest BCUT2D eigenvalue weighted by Gasteiger charge is -2.35. The number of rotatable bonds is 4. The van der Waals surface area contributed by atoms with Gasteiger partial charge in [-0.25, -0.2) is 0 Å². The molecular formula is C16H26N2O. The van der Waals surface area contributed by atoms with E-state index in [1.165, 1.54) is 30.4 Å². The maximum absolute atomic E-state index is 6.66. The zero-order chi connectivity index (χ0) is 13.9. The fourth-order valence-corrected chi connectivity index (χ4v) is 3.14. The van der Waals surface area contributed by atoms with Crippen LogP contribution in [0.4, 0.5) is 0 Å². The number of ether oxygens (including phenoxy) is 1. The van der Waals surface area contributed by atoms with Gasteiger partial charge in [0.1, 0.15) is 5.75 Å². The first-order valence-electron chi connectivity index (χ1n) is 7.17. The molecule has 3 heteroatoms. The van der Waals surface area contributed by atoms with Crippen LogP contribution in [-0.4, -0.2) is 26.1 Å². The molecule has 1 aromatic rings. The molecule has 0 aromatic heterocycles. The number of nitrogens with two attached hydrogens (primary N) is 1. The minimum absolute atomic E-state index is 0.202. The summed E-state index contributed by atoms with van der Waals surface area (Å²) in [6.45, 7) is 0.882. The minimum Gasteiger partial charge on any atom is -0.496 e. The topological polar surface area (TPSA) is 38.5 Å². The van der Waals surface area contributed by atoms with Crippen LogP contribution in [0.15, 0.2) is 18.2 Å². The number of nitrogens with zero attached hydrogens (tertiary/aromatic N) is 1. The third kappa shape index (κ3) is 3.10. The fraction of sp³-hybridized carbons (Fsp3) is 0.625. The third-order valence-corrected chi connectivity index (χ3v) is 4.07. The predicted molar refractivity (Wildman–Crippen MR) is 79.3 cm³/mol. The molecule has 0 amide bonds. The number of methoxy groups -OCH3 is 1. The zero-order valence-corrected chi connectivity index (χ0v) is 12.4. The Labute approximate surface area is 116 Å². The lowest BCUT2D eigenvalue weighted by Crippen LogP contribution is -2.39. The maximum atomic E-state index is 6.66. The van der Waals surface area contributed by atoms with Crippen molar-refractivity contribution in [3.8, 4) is 5.75 Å². The smallest absolute Gasteiger partial charge is 0.128 e. The number of hydrogen-bond acceptors (Lipinski definition) is 3. The van der Waals surface area contributed by atoms with Crippen molar-refractivity contribution in [2.24, 2.45) is 5.73 Å². The highest BCUT2D eigenvalue weighted by atomic mass is 16.5. The van der Waals surface area contributed by atoms with Crippen molar-refractivity contribution in [1.82, 2.24) is 4.90 Å². The van der Waals surface area contributed by atoms with Crippen LogP contribution in [0.5, 0.6) is 5.75 Å². The average Bonchev–Trinajstić information content (AvgIpc) is 2.38. The molecule has 106 valence electrons. The lowest BCUT2D eigenvalue weighted by atomic mass is 9.76. The van der Waals surface area contributed by atoms with Crippen molar-refractivity contribution in [1.29, 1.82) is 0 Å². The summed E-state index contributed by atoms with van der Waals surface area (Å²) in [4.78, 5) is 2.16. The summed E-state index contributed by atoms with van der Waals surface area (Å²) in [5, 5.41) is 0. The van der Waals surface area contributed by atoms with Gasteiger partial charge in [-0.15, -0.1) is 0 Å². The van der Waals surface area contributed by atoms with Crippen molar-refractivity contribution < 1.29 is 4.74 Å². The summed E-state index contributed by atoms with van der Waals surface area (Å²) in [7, 11) is 5.90. The second kappa shape index (κ2) is 5.93. The highest BCUT2D eigenvalue weighted by Gasteiger charge is 2.32. The van der Waals surface area contributed by atoms with Crippen LogP contribution in [-0.2, 0) is 12.1 Å². The molecule has 0 radical (unpaired) electrons. The minimum atomic E-state index is -0.202. The van der Waals surface area contributed by atoms with Gasteiger partial charge in [0.2, 0.25) is 0 Å². The highest BCUT2D eigenvalue weighted by Crippen LogP contribution is 2.40. The van der Waals surface area contributed by atoms with Crippen LogP contribution in [0, 0.1) is 0 Å². The van der Waals surface area contributed by atoms with Gasteiger partial charge in [-0.2, -0.15) is 0 Å². The first-order chi connectivity index (χ1) is 9.07. The second-order valence-corrected chi connectivity index (χ2v) is 5.95. The summed E-state index contributed by atoms with van der Waals surface area (Å²) in [5.74, 6) is 0.987. The van der Waals surface area contributed by atoms with Gasteiger partial charge in [0.25, 0.3) is 0 Å². The van der Waals surface area contributed by atoms with Crippen molar-refractivity contribution in [2.75, 3.05) is 21.2 Å². The average molecular weight is 262 g/mol. The van der Waals surface area contributed by atoms with Crippen LogP contribution in [0.1, 0.15) is 43.2 Å². The number of hydrogen-bond donors (Lipinski definition) is 1. The monoisotopic (exact) mass is 262 g/mol. The first-order valence-corrected chi connectivity index (χ1v) is 7.17.